The van der Waals surface area contributed by atoms with E-state index in [1.807, 2.05) is 26.8 Å². The van der Waals surface area contributed by atoms with E-state index >= 15 is 8.78 Å². The Kier molecular flexibility index (Phi) is 12.1. The third-order valence-corrected chi connectivity index (χ3v) is 14.6. The minimum absolute atomic E-state index is 0. The Morgan fingerprint density at radius 3 is 2.33 bits per heavy atom. The number of rotatable bonds is 10. The summed E-state index contributed by atoms with van der Waals surface area (Å²) >= 11 is 0. The van der Waals surface area contributed by atoms with Crippen LogP contribution in [0.2, 0.25) is 0 Å². The van der Waals surface area contributed by atoms with Crippen LogP contribution in [0.15, 0.2) is 48.9 Å². The Labute approximate surface area is 372 Å². The average molecular weight is 874 g/mol. The van der Waals surface area contributed by atoms with Gasteiger partial charge in [-0.1, -0.05) is 20.4 Å². The van der Waals surface area contributed by atoms with Crippen molar-refractivity contribution in [1.29, 1.82) is 0 Å². The number of likely N-dealkylation sites (tertiary alicyclic amines) is 1. The van der Waals surface area contributed by atoms with Gasteiger partial charge in [-0.2, -0.15) is 0 Å². The van der Waals surface area contributed by atoms with Crippen molar-refractivity contribution < 1.29 is 30.4 Å². The predicted molar refractivity (Wildman–Crippen MR) is 241 cm³/mol. The Morgan fingerprint density at radius 1 is 0.905 bits per heavy atom. The molecule has 15 heteroatoms. The molecule has 2 unspecified atom stereocenters. The number of fused-ring (bicyclic) bond motifs is 2. The average Bonchev–Trinajstić information content (AvgIpc) is 3.72. The number of carbonyl (C=O) groups excluding carboxylic acids is 2. The van der Waals surface area contributed by atoms with E-state index in [1.54, 1.807) is 29.4 Å². The molecular weight excluding hydrogens is 808 g/mol. The number of anilines is 3. The van der Waals surface area contributed by atoms with Crippen LogP contribution in [0.3, 0.4) is 0 Å². The summed E-state index contributed by atoms with van der Waals surface area (Å²) in [6.07, 6.45) is 9.56. The van der Waals surface area contributed by atoms with E-state index in [9.17, 15) is 14.0 Å². The summed E-state index contributed by atoms with van der Waals surface area (Å²) in [5, 5.41) is 2.73. The first-order chi connectivity index (χ1) is 30.4. The highest BCUT2D eigenvalue weighted by molar-refractivity contribution is 5.99. The first-order valence-corrected chi connectivity index (χ1v) is 23.3. The second-order valence-corrected chi connectivity index (χ2v) is 18.9. The molecule has 6 aliphatic heterocycles. The zero-order valence-corrected chi connectivity index (χ0v) is 37.0. The molecule has 0 bridgehead atoms. The summed E-state index contributed by atoms with van der Waals surface area (Å²) in [7, 11) is 0. The molecule has 342 valence electrons. The van der Waals surface area contributed by atoms with Gasteiger partial charge in [-0.15, -0.1) is 0 Å². The lowest BCUT2D eigenvalue weighted by Crippen LogP contribution is -2.46. The van der Waals surface area contributed by atoms with Gasteiger partial charge >= 0.3 is 0 Å². The van der Waals surface area contributed by atoms with Gasteiger partial charge in [0.1, 0.15) is 23.4 Å². The predicted octanol–water partition coefficient (Wildman–Crippen LogP) is 8.30. The van der Waals surface area contributed by atoms with Gasteiger partial charge in [-0.05, 0) is 101 Å². The standard InChI is InChI=1S/C46H56F3N9O3.C2H6.2H2/c1-28-37(5-6-41(59)52-28)58-26-33-31(44(58)60)3-4-38(42(33)48)56-15-7-29(8-16-56)24-46(49)13-19-55(20-14-46)25-30-9-17-57(18-10-30)40-23-36(50-27-51-40)43-32-21-39(61-45(2)11-12-45)34(47)22-35(32)53-54-43;1-2;;/h3-4,21-23,27,29-30,37,43,53-54H,1,5-20,24-26H2,2H3,(H,52,59);1-2H3;2*1H. The largest absolute Gasteiger partial charge is 0.484 e. The second-order valence-electron chi connectivity index (χ2n) is 18.9. The summed E-state index contributed by atoms with van der Waals surface area (Å²) in [5.41, 5.74) is 9.06. The molecule has 2 amide bonds. The van der Waals surface area contributed by atoms with Crippen molar-refractivity contribution in [2.75, 3.05) is 61.0 Å². The van der Waals surface area contributed by atoms with Crippen molar-refractivity contribution in [2.45, 2.75) is 121 Å². The molecule has 10 rings (SSSR count). The Balaban J connectivity index is 0.00000155. The van der Waals surface area contributed by atoms with Gasteiger partial charge in [0.25, 0.3) is 5.91 Å². The molecule has 0 radical (unpaired) electrons. The molecule has 12 nitrogen and oxygen atoms in total. The maximum Gasteiger partial charge on any atom is 0.255 e. The molecule has 0 spiro atoms. The number of amides is 2. The maximum absolute atomic E-state index is 16.4. The fraction of sp³-hybridized carbons (Fsp3) is 0.583. The number of ether oxygens (including phenoxy) is 1. The molecule has 4 saturated heterocycles. The Morgan fingerprint density at radius 2 is 1.62 bits per heavy atom. The first kappa shape index (κ1) is 43.4. The van der Waals surface area contributed by atoms with Gasteiger partial charge < -0.3 is 35.1 Å². The van der Waals surface area contributed by atoms with Crippen LogP contribution >= 0.6 is 0 Å². The number of aromatic nitrogens is 2. The van der Waals surface area contributed by atoms with Crippen LogP contribution in [0.5, 0.6) is 5.75 Å². The van der Waals surface area contributed by atoms with E-state index in [2.05, 4.69) is 47.4 Å². The number of hydrogen-bond donors (Lipinski definition) is 3. The molecule has 3 N–H and O–H groups in total. The van der Waals surface area contributed by atoms with Crippen molar-refractivity contribution in [1.82, 2.24) is 30.5 Å². The SMILES string of the molecule is C=C1NC(=O)CCC1N1Cc2c(ccc(N3CCC(CC4(F)CCN(CC5CCN(c6cc(C7NNc8cc(F)c(OC9(C)CC9)cc87)ncn6)CC5)CC4)CC3)c2F)C1=O.CC.[HH].[HH]. The lowest BCUT2D eigenvalue weighted by atomic mass is 9.80. The summed E-state index contributed by atoms with van der Waals surface area (Å²) in [5.74, 6) is 0.873. The van der Waals surface area contributed by atoms with Crippen LogP contribution in [-0.2, 0) is 11.3 Å². The van der Waals surface area contributed by atoms with Crippen molar-refractivity contribution >= 4 is 29.0 Å². The third-order valence-electron chi connectivity index (χ3n) is 14.6. The molecule has 1 saturated carbocycles. The molecule has 7 aliphatic rings. The Bertz CT molecular complexity index is 2230. The van der Waals surface area contributed by atoms with Crippen LogP contribution in [0.25, 0.3) is 0 Å². The van der Waals surface area contributed by atoms with Crippen LogP contribution in [-0.4, -0.2) is 94.7 Å². The number of carbonyl (C=O) groups is 2. The topological polar surface area (TPSA) is 118 Å². The molecule has 63 heavy (non-hydrogen) atoms. The quantitative estimate of drug-likeness (QED) is 0.184. The number of piperidine rings is 4. The fourth-order valence-corrected chi connectivity index (χ4v) is 10.6. The van der Waals surface area contributed by atoms with E-state index in [-0.39, 0.29) is 62.2 Å². The molecule has 5 fully saturated rings. The van der Waals surface area contributed by atoms with E-state index < -0.39 is 5.67 Å². The Hall–Kier alpha value is -4.89. The molecule has 2 aromatic carbocycles. The van der Waals surface area contributed by atoms with Gasteiger partial charge in [0.2, 0.25) is 5.91 Å². The van der Waals surface area contributed by atoms with E-state index in [4.69, 9.17) is 4.74 Å². The first-order valence-electron chi connectivity index (χ1n) is 23.3. The summed E-state index contributed by atoms with van der Waals surface area (Å²) in [6.45, 7) is 15.7. The van der Waals surface area contributed by atoms with Crippen LogP contribution in [0, 0.1) is 23.5 Å². The molecule has 1 aliphatic carbocycles. The molecule has 7 heterocycles. The van der Waals surface area contributed by atoms with Gasteiger partial charge in [0.05, 0.1) is 35.7 Å². The number of benzene rings is 2. The molecule has 3 aromatic rings. The molecule has 2 atom stereocenters. The maximum atomic E-state index is 16.4. The van der Waals surface area contributed by atoms with Gasteiger partial charge in [0.15, 0.2) is 17.4 Å². The van der Waals surface area contributed by atoms with E-state index in [1.165, 1.54) is 6.07 Å². The summed E-state index contributed by atoms with van der Waals surface area (Å²) in [6, 6.07) is 8.13. The van der Waals surface area contributed by atoms with Crippen molar-refractivity contribution in [3.8, 4) is 5.75 Å². The number of nitrogens with zero attached hydrogens (tertiary/aromatic N) is 6. The van der Waals surface area contributed by atoms with Crippen molar-refractivity contribution in [3.63, 3.8) is 0 Å². The second kappa shape index (κ2) is 17.6. The summed E-state index contributed by atoms with van der Waals surface area (Å²) in [4.78, 5) is 42.7. The summed E-state index contributed by atoms with van der Waals surface area (Å²) < 4.78 is 53.2. The monoisotopic (exact) mass is 874 g/mol. The molecular formula is C48H66F3N9O3. The lowest BCUT2D eigenvalue weighted by molar-refractivity contribution is -0.121. The minimum Gasteiger partial charge on any atom is -0.484 e. The van der Waals surface area contributed by atoms with Crippen LogP contribution in [0.4, 0.5) is 30.4 Å². The van der Waals surface area contributed by atoms with Gasteiger partial charge in [0, 0.05) is 89.6 Å². The number of hydrogen-bond acceptors (Lipinski definition) is 10. The number of hydrazine groups is 1. The van der Waals surface area contributed by atoms with Crippen LogP contribution < -0.4 is 30.7 Å². The highest BCUT2D eigenvalue weighted by Crippen LogP contribution is 2.44. The third kappa shape index (κ3) is 8.96. The van der Waals surface area contributed by atoms with Gasteiger partial charge in [-0.3, -0.25) is 9.59 Å². The van der Waals surface area contributed by atoms with Crippen molar-refractivity contribution in [3.05, 3.63) is 83.0 Å². The smallest absolute Gasteiger partial charge is 0.255 e. The fourth-order valence-electron chi connectivity index (χ4n) is 10.6. The normalized spacial score (nSPS) is 24.6. The van der Waals surface area contributed by atoms with E-state index in [0.29, 0.717) is 79.3 Å². The minimum atomic E-state index is -1.18. The highest BCUT2D eigenvalue weighted by Gasteiger charge is 2.43. The molecule has 1 aromatic heterocycles. The zero-order chi connectivity index (χ0) is 44.0. The number of alkyl halides is 1. The van der Waals surface area contributed by atoms with Crippen LogP contribution in [0.1, 0.15) is 127 Å². The number of nitrogens with one attached hydrogen (secondary N) is 3. The van der Waals surface area contributed by atoms with Crippen molar-refractivity contribution in [2.24, 2.45) is 11.8 Å². The van der Waals surface area contributed by atoms with E-state index in [0.717, 1.165) is 88.3 Å². The number of halogens is 3. The lowest BCUT2D eigenvalue weighted by Gasteiger charge is -2.42. The zero-order valence-electron chi connectivity index (χ0n) is 37.0. The van der Waals surface area contributed by atoms with Gasteiger partial charge in [-0.25, -0.2) is 28.6 Å². The highest BCUT2D eigenvalue weighted by atomic mass is 19.1.